The van der Waals surface area contributed by atoms with Gasteiger partial charge >= 0.3 is 5.97 Å². The Hall–Kier alpha value is -1.08. The third-order valence-electron chi connectivity index (χ3n) is 5.05. The number of ketones is 1. The molecule has 7 heteroatoms. The lowest BCUT2D eigenvalue weighted by atomic mass is 9.75. The Morgan fingerprint density at radius 2 is 1.67 bits per heavy atom. The van der Waals surface area contributed by atoms with E-state index in [1.807, 2.05) is 0 Å². The van der Waals surface area contributed by atoms with E-state index in [1.165, 1.54) is 6.92 Å². The smallest absolute Gasteiger partial charge is 0.302 e. The predicted octanol–water partition coefficient (Wildman–Crippen LogP) is 2.32. The molecule has 6 nitrogen and oxygen atoms in total. The van der Waals surface area contributed by atoms with E-state index < -0.39 is 0 Å². The summed E-state index contributed by atoms with van der Waals surface area (Å²) in [5.41, 5.74) is 0. The van der Waals surface area contributed by atoms with Crippen LogP contribution in [-0.2, 0) is 23.9 Å². The maximum Gasteiger partial charge on any atom is 0.302 e. The maximum absolute atomic E-state index is 12.2. The lowest BCUT2D eigenvalue weighted by Crippen LogP contribution is -2.47. The van der Waals surface area contributed by atoms with Crippen molar-refractivity contribution in [3.05, 3.63) is 0 Å². The summed E-state index contributed by atoms with van der Waals surface area (Å²) in [4.78, 5) is 34.3. The van der Waals surface area contributed by atoms with Gasteiger partial charge in [-0.15, -0.1) is 0 Å². The minimum atomic E-state index is -0.327. The fourth-order valence-electron chi connectivity index (χ4n) is 3.08. The van der Waals surface area contributed by atoms with Crippen LogP contribution in [0.2, 0.25) is 0 Å². The minimum absolute atomic E-state index is 0.0896. The number of hydrogen-bond donors (Lipinski definition) is 2. The Bertz CT molecular complexity index is 456. The first kappa shape index (κ1) is 21.0. The van der Waals surface area contributed by atoms with Crippen molar-refractivity contribution >= 4 is 30.5 Å². The number of carbonyl (C=O) groups excluding carboxylic acids is 3. The quantitative estimate of drug-likeness (QED) is 0.513. The van der Waals surface area contributed by atoms with Gasteiger partial charge in [-0.2, -0.15) is 0 Å². The van der Waals surface area contributed by atoms with Crippen molar-refractivity contribution < 1.29 is 23.9 Å². The Balaban J connectivity index is 2.53. The van der Waals surface area contributed by atoms with Crippen LogP contribution in [0.4, 0.5) is 0 Å². The second kappa shape index (κ2) is 10.0. The number of nitrogens with one attached hydrogen (secondary N) is 1. The first-order valence-corrected chi connectivity index (χ1v) is 8.94. The molecule has 1 rings (SSSR count). The van der Waals surface area contributed by atoms with E-state index in [1.54, 1.807) is 0 Å². The van der Waals surface area contributed by atoms with Gasteiger partial charge in [-0.25, -0.2) is 0 Å². The van der Waals surface area contributed by atoms with E-state index in [9.17, 15) is 14.4 Å². The van der Waals surface area contributed by atoms with Crippen LogP contribution in [0, 0.1) is 17.8 Å². The van der Waals surface area contributed by atoms with E-state index in [-0.39, 0.29) is 48.3 Å². The zero-order valence-electron chi connectivity index (χ0n) is 14.9. The van der Waals surface area contributed by atoms with Crippen LogP contribution in [0.15, 0.2) is 0 Å². The largest absolute Gasteiger partial charge is 0.463 e. The fourth-order valence-corrected chi connectivity index (χ4v) is 3.19. The Morgan fingerprint density at radius 1 is 1.04 bits per heavy atom. The van der Waals surface area contributed by atoms with Crippen molar-refractivity contribution in [1.82, 2.24) is 4.72 Å². The average Bonchev–Trinajstić information content (AvgIpc) is 2.53. The molecule has 1 aliphatic rings. The van der Waals surface area contributed by atoms with Crippen LogP contribution >= 0.6 is 12.8 Å². The molecule has 1 saturated heterocycles. The summed E-state index contributed by atoms with van der Waals surface area (Å²) in [7, 11) is 0. The zero-order valence-corrected chi connectivity index (χ0v) is 15.8. The van der Waals surface area contributed by atoms with Gasteiger partial charge in [0.25, 0.3) is 0 Å². The van der Waals surface area contributed by atoms with Gasteiger partial charge < -0.3 is 14.2 Å². The van der Waals surface area contributed by atoms with E-state index in [0.29, 0.717) is 31.6 Å². The molecule has 0 radical (unpaired) electrons. The summed E-state index contributed by atoms with van der Waals surface area (Å²) in [6.45, 7) is 7.92. The highest BCUT2D eigenvalue weighted by atomic mass is 32.1. The molecular weight excluding hydrogens is 330 g/mol. The molecule has 138 valence electrons. The van der Waals surface area contributed by atoms with Crippen LogP contribution in [0.1, 0.15) is 53.4 Å². The third-order valence-corrected chi connectivity index (χ3v) is 5.29. The van der Waals surface area contributed by atoms with E-state index in [2.05, 4.69) is 38.3 Å². The SMILES string of the molecule is CC(=O)OCC1OC(CC(=O)CCCC(=O)NS)C(C)C(C)C1C. The van der Waals surface area contributed by atoms with Crippen molar-refractivity contribution in [2.45, 2.75) is 65.6 Å². The number of hydrogen-bond acceptors (Lipinski definition) is 6. The lowest BCUT2D eigenvalue weighted by Gasteiger charge is -2.43. The van der Waals surface area contributed by atoms with Crippen molar-refractivity contribution in [1.29, 1.82) is 0 Å². The van der Waals surface area contributed by atoms with Gasteiger partial charge in [-0.3, -0.25) is 14.4 Å². The van der Waals surface area contributed by atoms with Crippen molar-refractivity contribution in [3.63, 3.8) is 0 Å². The molecule has 0 bridgehead atoms. The van der Waals surface area contributed by atoms with Gasteiger partial charge in [0.1, 0.15) is 12.4 Å². The van der Waals surface area contributed by atoms with Gasteiger partial charge in [-0.05, 0) is 24.2 Å². The molecule has 0 saturated carbocycles. The molecule has 0 aromatic carbocycles. The number of esters is 1. The lowest BCUT2D eigenvalue weighted by molar-refractivity contribution is -0.171. The normalized spacial score (nSPS) is 29.8. The summed E-state index contributed by atoms with van der Waals surface area (Å²) in [6, 6.07) is 0. The minimum Gasteiger partial charge on any atom is -0.463 e. The number of thiol groups is 1. The fraction of sp³-hybridized carbons (Fsp3) is 0.824. The molecule has 1 amide bonds. The highest BCUT2D eigenvalue weighted by molar-refractivity contribution is 7.78. The van der Waals surface area contributed by atoms with Gasteiger partial charge in [0, 0.05) is 26.2 Å². The highest BCUT2D eigenvalue weighted by Crippen LogP contribution is 2.36. The Morgan fingerprint density at radius 3 is 2.25 bits per heavy atom. The molecule has 1 heterocycles. The van der Waals surface area contributed by atoms with Gasteiger partial charge in [0.15, 0.2) is 0 Å². The average molecular weight is 359 g/mol. The van der Waals surface area contributed by atoms with Crippen LogP contribution in [0.5, 0.6) is 0 Å². The topological polar surface area (TPSA) is 81.7 Å². The molecule has 0 aromatic rings. The second-order valence-corrected chi connectivity index (χ2v) is 6.95. The molecule has 5 unspecified atom stereocenters. The monoisotopic (exact) mass is 359 g/mol. The summed E-state index contributed by atoms with van der Waals surface area (Å²) >= 11 is 3.68. The van der Waals surface area contributed by atoms with Crippen LogP contribution in [-0.4, -0.2) is 36.5 Å². The highest BCUT2D eigenvalue weighted by Gasteiger charge is 2.40. The second-order valence-electron chi connectivity index (χ2n) is 6.72. The summed E-state index contributed by atoms with van der Waals surface area (Å²) in [6.07, 6.45) is 1.12. The molecule has 5 atom stereocenters. The van der Waals surface area contributed by atoms with E-state index in [0.717, 1.165) is 0 Å². The van der Waals surface area contributed by atoms with Crippen LogP contribution in [0.3, 0.4) is 0 Å². The number of amides is 1. The number of ether oxygens (including phenoxy) is 2. The van der Waals surface area contributed by atoms with E-state index >= 15 is 0 Å². The zero-order chi connectivity index (χ0) is 18.3. The predicted molar refractivity (Wildman–Crippen MR) is 93.4 cm³/mol. The molecule has 1 fully saturated rings. The number of Topliss-reactive ketones (excluding diaryl/α,β-unsaturated/α-hetero) is 1. The molecule has 1 N–H and O–H groups in total. The van der Waals surface area contributed by atoms with Gasteiger partial charge in [0.05, 0.1) is 12.2 Å². The molecular formula is C17H29NO5S. The molecule has 24 heavy (non-hydrogen) atoms. The maximum atomic E-state index is 12.2. The molecule has 0 aromatic heterocycles. The van der Waals surface area contributed by atoms with Gasteiger partial charge in [0.2, 0.25) is 5.91 Å². The summed E-state index contributed by atoms with van der Waals surface area (Å²) < 4.78 is 13.4. The number of carbonyl (C=O) groups is 3. The Kier molecular flexibility index (Phi) is 8.76. The van der Waals surface area contributed by atoms with Crippen molar-refractivity contribution in [2.24, 2.45) is 17.8 Å². The molecule has 0 aliphatic carbocycles. The number of rotatable bonds is 8. The molecule has 0 spiro atoms. The van der Waals surface area contributed by atoms with Crippen LogP contribution in [0.25, 0.3) is 0 Å². The van der Waals surface area contributed by atoms with Crippen molar-refractivity contribution in [2.75, 3.05) is 6.61 Å². The van der Waals surface area contributed by atoms with E-state index in [4.69, 9.17) is 9.47 Å². The van der Waals surface area contributed by atoms with Gasteiger partial charge in [-0.1, -0.05) is 33.6 Å². The summed E-state index contributed by atoms with van der Waals surface area (Å²) in [5, 5.41) is 0. The standard InChI is InChI=1S/C17H29NO5S/c1-10-11(2)15(8-14(20)6-5-7-17(21)18-24)23-16(12(10)3)9-22-13(4)19/h10-12,15-16,24H,5-9H2,1-4H3,(H,18,21). The first-order chi connectivity index (χ1) is 11.3. The van der Waals surface area contributed by atoms with Crippen LogP contribution < -0.4 is 4.72 Å². The van der Waals surface area contributed by atoms with Crippen molar-refractivity contribution in [3.8, 4) is 0 Å². The Labute approximate surface area is 149 Å². The first-order valence-electron chi connectivity index (χ1n) is 8.49. The summed E-state index contributed by atoms with van der Waals surface area (Å²) in [5.74, 6) is 0.450. The molecule has 1 aliphatic heterocycles. The third kappa shape index (κ3) is 6.43.